The molecule has 4 aromatic rings. The van der Waals surface area contributed by atoms with Crippen molar-refractivity contribution in [3.8, 4) is 0 Å². The molecule has 3 aliphatic rings. The van der Waals surface area contributed by atoms with E-state index in [2.05, 4.69) is 193 Å². The van der Waals surface area contributed by atoms with E-state index in [0.717, 1.165) is 31.6 Å². The minimum atomic E-state index is -0.983. The summed E-state index contributed by atoms with van der Waals surface area (Å²) < 4.78 is 0. The molecule has 7 rings (SSSR count). The predicted octanol–water partition coefficient (Wildman–Crippen LogP) is 13.9. The lowest BCUT2D eigenvalue weighted by atomic mass is 9.71. The monoisotopic (exact) mass is 810 g/mol. The molecule has 2 atom stereocenters. The molecule has 1 N–H and O–H groups in total. The Morgan fingerprint density at radius 3 is 1.64 bits per heavy atom. The zero-order valence-corrected chi connectivity index (χ0v) is 40.2. The van der Waals surface area contributed by atoms with Crippen LogP contribution in [0.3, 0.4) is 0 Å². The van der Waals surface area contributed by atoms with Crippen LogP contribution in [0.4, 0.5) is 0 Å². The summed E-state index contributed by atoms with van der Waals surface area (Å²) >= 11 is 2.04. The lowest BCUT2D eigenvalue weighted by molar-refractivity contribution is 0.415. The summed E-state index contributed by atoms with van der Waals surface area (Å²) in [6.07, 6.45) is 10.8. The SMILES string of the molecule is Cc1cccc(C)c1SCCNC1(P(c2cc(C(C)(C)C)cc(C(C)(C)C)c2)c2cc(C(C)(C)C)cc(C(C)(C)C)c2)CC=CC2=C1[C@@]1(CC2)CCc2ccccc21. The summed E-state index contributed by atoms with van der Waals surface area (Å²) in [5, 5.41) is 7.39. The molecular weight excluding hydrogens is 738 g/mol. The van der Waals surface area contributed by atoms with Gasteiger partial charge in [-0.3, -0.25) is 0 Å². The van der Waals surface area contributed by atoms with Crippen molar-refractivity contribution in [3.05, 3.63) is 147 Å². The largest absolute Gasteiger partial charge is 0.302 e. The summed E-state index contributed by atoms with van der Waals surface area (Å²) in [5.41, 5.74) is 15.1. The Labute approximate surface area is 359 Å². The third-order valence-corrected chi connectivity index (χ3v) is 17.7. The zero-order valence-electron chi connectivity index (χ0n) is 38.5. The number of aryl methyl sites for hydroxylation is 3. The maximum Gasteiger partial charge on any atom is 0.0726 e. The highest BCUT2D eigenvalue weighted by Crippen LogP contribution is 2.66. The van der Waals surface area contributed by atoms with Gasteiger partial charge in [-0.05, 0) is 142 Å². The molecule has 0 amide bonds. The van der Waals surface area contributed by atoms with E-state index in [4.69, 9.17) is 0 Å². The highest BCUT2D eigenvalue weighted by Gasteiger charge is 2.57. The summed E-state index contributed by atoms with van der Waals surface area (Å²) in [6, 6.07) is 31.9. The molecule has 58 heavy (non-hydrogen) atoms. The molecule has 0 saturated carbocycles. The van der Waals surface area contributed by atoms with E-state index < -0.39 is 7.92 Å². The van der Waals surface area contributed by atoms with Gasteiger partial charge in [-0.25, -0.2) is 0 Å². The molecular formula is C55H72NPS. The number of rotatable bonds is 8. The number of benzene rings is 4. The van der Waals surface area contributed by atoms with Gasteiger partial charge in [0.05, 0.1) is 5.28 Å². The van der Waals surface area contributed by atoms with Crippen LogP contribution >= 0.6 is 19.7 Å². The maximum absolute atomic E-state index is 4.63. The number of allylic oxidation sites excluding steroid dienone is 2. The van der Waals surface area contributed by atoms with E-state index in [9.17, 15) is 0 Å². The van der Waals surface area contributed by atoms with Crippen molar-refractivity contribution in [1.29, 1.82) is 0 Å². The highest BCUT2D eigenvalue weighted by atomic mass is 32.2. The molecule has 0 heterocycles. The van der Waals surface area contributed by atoms with E-state index in [1.54, 1.807) is 22.3 Å². The van der Waals surface area contributed by atoms with Crippen LogP contribution in [0.2, 0.25) is 0 Å². The van der Waals surface area contributed by atoms with Gasteiger partial charge in [0.25, 0.3) is 0 Å². The first-order valence-corrected chi connectivity index (χ1v) is 24.4. The van der Waals surface area contributed by atoms with E-state index in [1.807, 2.05) is 11.8 Å². The van der Waals surface area contributed by atoms with Crippen molar-refractivity contribution in [2.24, 2.45) is 0 Å². The van der Waals surface area contributed by atoms with E-state index >= 15 is 0 Å². The van der Waals surface area contributed by atoms with Crippen LogP contribution in [0.5, 0.6) is 0 Å². The third-order valence-electron chi connectivity index (χ3n) is 13.5. The van der Waals surface area contributed by atoms with Gasteiger partial charge in [0.1, 0.15) is 0 Å². The molecule has 0 aliphatic heterocycles. The molecule has 0 saturated heterocycles. The first kappa shape index (κ1) is 43.2. The molecule has 1 spiro atoms. The molecule has 0 fully saturated rings. The second-order valence-electron chi connectivity index (χ2n) is 22.0. The Hall–Kier alpha value is -2.90. The quantitative estimate of drug-likeness (QED) is 0.108. The van der Waals surface area contributed by atoms with Gasteiger partial charge in [-0.1, -0.05) is 174 Å². The molecule has 1 nitrogen and oxygen atoms in total. The summed E-state index contributed by atoms with van der Waals surface area (Å²) in [4.78, 5) is 1.44. The average Bonchev–Trinajstić information content (AvgIpc) is 3.71. The fourth-order valence-electron chi connectivity index (χ4n) is 10.1. The third kappa shape index (κ3) is 8.14. The number of hydrogen-bond donors (Lipinski definition) is 1. The number of hydrogen-bond acceptors (Lipinski definition) is 2. The first-order chi connectivity index (χ1) is 27.0. The van der Waals surface area contributed by atoms with Gasteiger partial charge in [0, 0.05) is 22.6 Å². The second kappa shape index (κ2) is 15.5. The van der Waals surface area contributed by atoms with Gasteiger partial charge < -0.3 is 5.32 Å². The molecule has 1 unspecified atom stereocenters. The van der Waals surface area contributed by atoms with Crippen molar-refractivity contribution in [2.45, 2.75) is 166 Å². The van der Waals surface area contributed by atoms with Crippen LogP contribution in [-0.2, 0) is 33.5 Å². The molecule has 4 aromatic carbocycles. The van der Waals surface area contributed by atoms with Gasteiger partial charge in [0.15, 0.2) is 0 Å². The van der Waals surface area contributed by atoms with Crippen molar-refractivity contribution in [3.63, 3.8) is 0 Å². The van der Waals surface area contributed by atoms with Crippen LogP contribution in [0.1, 0.15) is 153 Å². The summed E-state index contributed by atoms with van der Waals surface area (Å²) in [5.74, 6) is 1.02. The van der Waals surface area contributed by atoms with Gasteiger partial charge in [0.2, 0.25) is 0 Å². The van der Waals surface area contributed by atoms with Crippen molar-refractivity contribution >= 4 is 30.3 Å². The Balaban J connectivity index is 1.54. The van der Waals surface area contributed by atoms with Crippen LogP contribution < -0.4 is 15.9 Å². The summed E-state index contributed by atoms with van der Waals surface area (Å²) in [7, 11) is -0.983. The van der Waals surface area contributed by atoms with Gasteiger partial charge in [-0.15, -0.1) is 11.8 Å². The lowest BCUT2D eigenvalue weighted by Crippen LogP contribution is -2.54. The summed E-state index contributed by atoms with van der Waals surface area (Å²) in [6.45, 7) is 34.4. The highest BCUT2D eigenvalue weighted by molar-refractivity contribution is 7.99. The minimum absolute atomic E-state index is 0.0132. The Kier molecular flexibility index (Phi) is 11.6. The Bertz CT molecular complexity index is 2080. The fraction of sp³-hybridized carbons (Fsp3) is 0.491. The van der Waals surface area contributed by atoms with E-state index in [0.29, 0.717) is 0 Å². The minimum Gasteiger partial charge on any atom is -0.302 e. The smallest absolute Gasteiger partial charge is 0.0726 e. The van der Waals surface area contributed by atoms with E-state index in [-0.39, 0.29) is 32.4 Å². The number of fused-ring (bicyclic) bond motifs is 3. The molecule has 3 heteroatoms. The number of thioether (sulfide) groups is 1. The van der Waals surface area contributed by atoms with Gasteiger partial charge in [-0.2, -0.15) is 0 Å². The second-order valence-corrected chi connectivity index (χ2v) is 25.5. The van der Waals surface area contributed by atoms with Crippen LogP contribution in [0.25, 0.3) is 0 Å². The van der Waals surface area contributed by atoms with Crippen molar-refractivity contribution < 1.29 is 0 Å². The fourth-order valence-corrected chi connectivity index (χ4v) is 14.5. The molecule has 0 bridgehead atoms. The van der Waals surface area contributed by atoms with Crippen molar-refractivity contribution in [1.82, 2.24) is 5.32 Å². The van der Waals surface area contributed by atoms with Crippen molar-refractivity contribution in [2.75, 3.05) is 12.3 Å². The normalized spacial score (nSPS) is 21.0. The zero-order chi connectivity index (χ0) is 42.1. The Morgan fingerprint density at radius 1 is 0.621 bits per heavy atom. The average molecular weight is 810 g/mol. The maximum atomic E-state index is 4.63. The van der Waals surface area contributed by atoms with Crippen LogP contribution in [0.15, 0.2) is 107 Å². The predicted molar refractivity (Wildman–Crippen MR) is 258 cm³/mol. The van der Waals surface area contributed by atoms with Gasteiger partial charge >= 0.3 is 0 Å². The van der Waals surface area contributed by atoms with Crippen LogP contribution in [0, 0.1) is 13.8 Å². The number of nitrogens with one attached hydrogen (secondary N) is 1. The Morgan fingerprint density at radius 2 is 1.12 bits per heavy atom. The lowest BCUT2D eigenvalue weighted by Gasteiger charge is -2.51. The van der Waals surface area contributed by atoms with Crippen LogP contribution in [-0.4, -0.2) is 17.6 Å². The standard InChI is InChI=1S/C55H72NPS/c1-37-19-17-20-38(2)48(37)58-30-29-56-55(26-18-22-40-25-28-54(49(40)55)27-24-39-21-15-16-23-47(39)54)57(45-33-41(50(3,4)5)31-42(34-45)51(6,7)8)46-35-43(52(9,10)11)32-44(36-46)53(12,13)14/h15-23,31-36,56H,24-30H2,1-14H3/t54-,55?/m1/s1. The van der Waals surface area contributed by atoms with E-state index in [1.165, 1.54) is 61.7 Å². The topological polar surface area (TPSA) is 12.0 Å². The molecule has 0 radical (unpaired) electrons. The molecule has 308 valence electrons. The first-order valence-electron chi connectivity index (χ1n) is 22.1. The molecule has 0 aromatic heterocycles. The molecule has 3 aliphatic carbocycles.